The van der Waals surface area contributed by atoms with Gasteiger partial charge in [0, 0.05) is 44.5 Å². The summed E-state index contributed by atoms with van der Waals surface area (Å²) in [6.07, 6.45) is 5.72. The Morgan fingerprint density at radius 2 is 1.48 bits per heavy atom. The molecule has 2 aliphatic rings. The number of rotatable bonds is 4. The number of pyridine rings is 2. The number of hydrogen-bond acceptors (Lipinski definition) is 8. The van der Waals surface area contributed by atoms with Crippen LogP contribution in [0.5, 0.6) is 0 Å². The Hall–Kier alpha value is -3.50. The topological polar surface area (TPSA) is 125 Å². The van der Waals surface area contributed by atoms with Crippen LogP contribution < -0.4 is 0 Å². The van der Waals surface area contributed by atoms with Crippen LogP contribution in [-0.2, 0) is 22.7 Å². The van der Waals surface area contributed by atoms with Gasteiger partial charge in [-0.3, -0.25) is 9.97 Å². The van der Waals surface area contributed by atoms with Crippen LogP contribution in [0.4, 0.5) is 9.59 Å². The van der Waals surface area contributed by atoms with E-state index in [1.54, 1.807) is 22.2 Å². The Morgan fingerprint density at radius 1 is 0.900 bits per heavy atom. The van der Waals surface area contributed by atoms with Crippen molar-refractivity contribution in [1.82, 2.24) is 19.8 Å². The van der Waals surface area contributed by atoms with Gasteiger partial charge < -0.3 is 29.5 Å². The van der Waals surface area contributed by atoms with E-state index in [2.05, 4.69) is 9.97 Å². The van der Waals surface area contributed by atoms with Crippen LogP contribution >= 0.6 is 0 Å². The van der Waals surface area contributed by atoms with Crippen molar-refractivity contribution in [2.24, 2.45) is 0 Å². The quantitative estimate of drug-likeness (QED) is 0.566. The number of carbonyl (C=O) groups excluding carboxylic acids is 2. The molecule has 0 aromatic carbocycles. The van der Waals surface area contributed by atoms with Crippen molar-refractivity contribution in [2.75, 3.05) is 26.2 Å². The Balaban J connectivity index is 0.000000220. The fourth-order valence-corrected chi connectivity index (χ4v) is 4.36. The van der Waals surface area contributed by atoms with E-state index in [4.69, 9.17) is 19.7 Å². The number of amides is 2. The fourth-order valence-electron chi connectivity index (χ4n) is 4.36. The van der Waals surface area contributed by atoms with Crippen LogP contribution in [0, 0.1) is 0 Å². The minimum absolute atomic E-state index is 0.0592. The first-order valence-corrected chi connectivity index (χ1v) is 13.5. The second-order valence-electron chi connectivity index (χ2n) is 11.9. The summed E-state index contributed by atoms with van der Waals surface area (Å²) in [5.41, 5.74) is 3.49. The molecule has 0 spiro atoms. The molecule has 0 saturated carbocycles. The smallest absolute Gasteiger partial charge is 0.410 e. The average Bonchev–Trinajstić information content (AvgIpc) is 3.58. The molecule has 10 nitrogen and oxygen atoms in total. The van der Waals surface area contributed by atoms with Crippen LogP contribution in [-0.4, -0.2) is 79.5 Å². The average molecular weight is 555 g/mol. The minimum atomic E-state index is -0.486. The van der Waals surface area contributed by atoms with Crippen LogP contribution in [0.1, 0.15) is 76.4 Å². The predicted molar refractivity (Wildman–Crippen MR) is 151 cm³/mol. The van der Waals surface area contributed by atoms with E-state index < -0.39 is 11.2 Å². The second-order valence-corrected chi connectivity index (χ2v) is 11.9. The van der Waals surface area contributed by atoms with Crippen LogP contribution in [0.3, 0.4) is 0 Å². The van der Waals surface area contributed by atoms with Crippen LogP contribution in [0.2, 0.25) is 0 Å². The zero-order chi connectivity index (χ0) is 29.5. The zero-order valence-electron chi connectivity index (χ0n) is 24.4. The van der Waals surface area contributed by atoms with Crippen molar-refractivity contribution in [3.8, 4) is 0 Å². The lowest BCUT2D eigenvalue weighted by molar-refractivity contribution is 0.0287. The van der Waals surface area contributed by atoms with Gasteiger partial charge in [0.2, 0.25) is 0 Å². The van der Waals surface area contributed by atoms with Gasteiger partial charge in [0.1, 0.15) is 11.2 Å². The summed E-state index contributed by atoms with van der Waals surface area (Å²) in [4.78, 5) is 35.5. The van der Waals surface area contributed by atoms with E-state index in [1.165, 1.54) is 0 Å². The molecule has 0 radical (unpaired) electrons. The maximum atomic E-state index is 12.0. The molecule has 2 aromatic heterocycles. The molecule has 40 heavy (non-hydrogen) atoms. The van der Waals surface area contributed by atoms with E-state index in [1.807, 2.05) is 71.9 Å². The molecular weight excluding hydrogens is 512 g/mol. The van der Waals surface area contributed by atoms with E-state index in [-0.39, 0.29) is 31.3 Å². The first-order valence-electron chi connectivity index (χ1n) is 13.5. The van der Waals surface area contributed by atoms with Gasteiger partial charge in [0.15, 0.2) is 0 Å². The Bertz CT molecular complexity index is 1180. The van der Waals surface area contributed by atoms with Crippen LogP contribution in [0.25, 0.3) is 5.57 Å². The lowest BCUT2D eigenvalue weighted by Crippen LogP contribution is -2.35. The molecule has 2 N–H and O–H groups in total. The third-order valence-electron chi connectivity index (χ3n) is 6.23. The number of aliphatic hydroxyl groups excluding tert-OH is 2. The zero-order valence-corrected chi connectivity index (χ0v) is 24.4. The SMILES string of the molecule is CC(C)(C)OC(=O)N1CC=C(c2ccnc(CO)c2)C1.CC(C)(C)OC(=O)N1CCC(c2ccnc(CO)c2)C1. The molecule has 2 aromatic rings. The molecule has 4 heterocycles. The summed E-state index contributed by atoms with van der Waals surface area (Å²) in [5.74, 6) is 0.288. The Labute approximate surface area is 236 Å². The number of aromatic nitrogens is 2. The van der Waals surface area contributed by atoms with Gasteiger partial charge in [-0.2, -0.15) is 0 Å². The third kappa shape index (κ3) is 9.31. The van der Waals surface area contributed by atoms with Gasteiger partial charge in [-0.1, -0.05) is 6.08 Å². The molecule has 1 unspecified atom stereocenters. The van der Waals surface area contributed by atoms with Crippen molar-refractivity contribution in [2.45, 2.75) is 78.3 Å². The summed E-state index contributed by atoms with van der Waals surface area (Å²) >= 11 is 0. The molecule has 10 heteroatoms. The predicted octanol–water partition coefficient (Wildman–Crippen LogP) is 4.51. The molecule has 218 valence electrons. The number of likely N-dealkylation sites (tertiary alicyclic amines) is 1. The highest BCUT2D eigenvalue weighted by Gasteiger charge is 2.30. The number of aliphatic hydroxyl groups is 2. The highest BCUT2D eigenvalue weighted by Crippen LogP contribution is 2.28. The van der Waals surface area contributed by atoms with Gasteiger partial charge >= 0.3 is 12.2 Å². The van der Waals surface area contributed by atoms with Gasteiger partial charge in [-0.25, -0.2) is 9.59 Å². The van der Waals surface area contributed by atoms with E-state index in [0.29, 0.717) is 37.6 Å². The summed E-state index contributed by atoms with van der Waals surface area (Å²) < 4.78 is 10.7. The largest absolute Gasteiger partial charge is 0.444 e. The molecule has 1 saturated heterocycles. The lowest BCUT2D eigenvalue weighted by Gasteiger charge is -2.24. The van der Waals surface area contributed by atoms with Crippen LogP contribution in [0.15, 0.2) is 42.7 Å². The first kappa shape index (κ1) is 31.0. The number of ether oxygens (including phenoxy) is 2. The Morgan fingerprint density at radius 3 is 2.08 bits per heavy atom. The molecular formula is C30H42N4O6. The van der Waals surface area contributed by atoms with Gasteiger partial charge in [0.05, 0.1) is 24.6 Å². The molecule has 1 atom stereocenters. The molecule has 4 rings (SSSR count). The fraction of sp³-hybridized carbons (Fsp3) is 0.533. The van der Waals surface area contributed by atoms with E-state index in [0.717, 1.165) is 23.1 Å². The van der Waals surface area contributed by atoms with Gasteiger partial charge in [-0.15, -0.1) is 0 Å². The number of carbonyl (C=O) groups is 2. The molecule has 2 aliphatic heterocycles. The van der Waals surface area contributed by atoms with Crippen molar-refractivity contribution >= 4 is 17.8 Å². The van der Waals surface area contributed by atoms with E-state index in [9.17, 15) is 9.59 Å². The molecule has 1 fully saturated rings. The number of hydrogen-bond donors (Lipinski definition) is 2. The van der Waals surface area contributed by atoms with Crippen molar-refractivity contribution in [3.63, 3.8) is 0 Å². The maximum absolute atomic E-state index is 12.0. The Kier molecular flexibility index (Phi) is 10.3. The monoisotopic (exact) mass is 554 g/mol. The van der Waals surface area contributed by atoms with Crippen molar-refractivity contribution in [3.05, 3.63) is 65.2 Å². The maximum Gasteiger partial charge on any atom is 0.410 e. The molecule has 2 amide bonds. The molecule has 0 bridgehead atoms. The highest BCUT2D eigenvalue weighted by atomic mass is 16.6. The minimum Gasteiger partial charge on any atom is -0.444 e. The second kappa shape index (κ2) is 13.2. The summed E-state index contributed by atoms with van der Waals surface area (Å²) in [6, 6.07) is 7.57. The van der Waals surface area contributed by atoms with Gasteiger partial charge in [-0.05, 0) is 88.9 Å². The highest BCUT2D eigenvalue weighted by molar-refractivity contribution is 5.77. The lowest BCUT2D eigenvalue weighted by atomic mass is 9.99. The first-order chi connectivity index (χ1) is 18.8. The van der Waals surface area contributed by atoms with E-state index >= 15 is 0 Å². The van der Waals surface area contributed by atoms with Crippen molar-refractivity contribution < 1.29 is 29.3 Å². The summed E-state index contributed by atoms with van der Waals surface area (Å²) in [7, 11) is 0. The normalized spacial score (nSPS) is 17.2. The third-order valence-corrected chi connectivity index (χ3v) is 6.23. The number of nitrogens with zero attached hydrogens (tertiary/aromatic N) is 4. The molecule has 0 aliphatic carbocycles. The standard InChI is InChI=1S/C15H22N2O3.C15H20N2O3/c2*1-15(2,3)20-14(19)17-7-5-12(9-17)11-4-6-16-13(8-11)10-18/h4,6,8,12,18H,5,7,9-10H2,1-3H3;4-6,8,18H,7,9-10H2,1-3H3. The van der Waals surface area contributed by atoms with Crippen molar-refractivity contribution in [1.29, 1.82) is 0 Å². The van der Waals surface area contributed by atoms with Gasteiger partial charge in [0.25, 0.3) is 0 Å². The summed E-state index contributed by atoms with van der Waals surface area (Å²) in [5, 5.41) is 18.2. The summed E-state index contributed by atoms with van der Waals surface area (Å²) in [6.45, 7) is 13.4.